The smallest absolute Gasteiger partial charge is 0.276 e. The van der Waals surface area contributed by atoms with Gasteiger partial charge >= 0.3 is 0 Å². The number of thiazole rings is 1. The molecule has 134 valence electrons. The van der Waals surface area contributed by atoms with E-state index in [1.807, 2.05) is 37.4 Å². The Morgan fingerprint density at radius 2 is 2.00 bits per heavy atom. The summed E-state index contributed by atoms with van der Waals surface area (Å²) in [5.74, 6) is 1.18. The molecule has 0 saturated heterocycles. The molecule has 0 spiro atoms. The predicted octanol–water partition coefficient (Wildman–Crippen LogP) is 4.25. The molecule has 2 heterocycles. The molecule has 0 aliphatic rings. The van der Waals surface area contributed by atoms with Crippen molar-refractivity contribution in [3.63, 3.8) is 0 Å². The minimum atomic E-state index is -0.292. The van der Waals surface area contributed by atoms with Crippen molar-refractivity contribution in [2.75, 3.05) is 18.5 Å². The largest absolute Gasteiger partial charge is 0.494 e. The van der Waals surface area contributed by atoms with Crippen LogP contribution in [0.2, 0.25) is 0 Å². The van der Waals surface area contributed by atoms with Crippen LogP contribution in [0.3, 0.4) is 0 Å². The second kappa shape index (κ2) is 8.44. The maximum absolute atomic E-state index is 12.2. The van der Waals surface area contributed by atoms with E-state index in [9.17, 15) is 4.79 Å². The highest BCUT2D eigenvalue weighted by Crippen LogP contribution is 2.35. The summed E-state index contributed by atoms with van der Waals surface area (Å²) < 4.78 is 11.3. The number of carbonyl (C=O) groups is 1. The van der Waals surface area contributed by atoms with Gasteiger partial charge in [-0.3, -0.25) is 15.1 Å². The molecule has 2 aromatic heterocycles. The van der Waals surface area contributed by atoms with Crippen LogP contribution in [0.4, 0.5) is 5.13 Å². The number of amides is 1. The van der Waals surface area contributed by atoms with Gasteiger partial charge < -0.3 is 9.47 Å². The molecule has 0 saturated carbocycles. The van der Waals surface area contributed by atoms with Gasteiger partial charge in [0, 0.05) is 17.1 Å². The molecule has 1 N–H and O–H groups in total. The van der Waals surface area contributed by atoms with E-state index in [0.29, 0.717) is 24.0 Å². The third-order valence-electron chi connectivity index (χ3n) is 3.46. The van der Waals surface area contributed by atoms with E-state index in [2.05, 4.69) is 15.3 Å². The SMILES string of the molecule is CCOc1ccc(OCC)c(-c2csc(NC(=O)c3ccccn3)n2)c1. The van der Waals surface area contributed by atoms with Crippen LogP contribution in [0, 0.1) is 0 Å². The molecule has 0 fully saturated rings. The molecule has 0 unspecified atom stereocenters. The van der Waals surface area contributed by atoms with Crippen LogP contribution in [-0.2, 0) is 0 Å². The van der Waals surface area contributed by atoms with Crippen LogP contribution in [0.1, 0.15) is 24.3 Å². The fourth-order valence-electron chi connectivity index (χ4n) is 2.36. The quantitative estimate of drug-likeness (QED) is 0.674. The molecular formula is C19H19N3O3S. The number of pyridine rings is 1. The standard InChI is InChI=1S/C19H19N3O3S/c1-3-24-13-8-9-17(25-4-2)14(11-13)16-12-26-19(21-16)22-18(23)15-7-5-6-10-20-15/h5-12H,3-4H2,1-2H3,(H,21,22,23). The Kier molecular flexibility index (Phi) is 5.80. The number of benzene rings is 1. The lowest BCUT2D eigenvalue weighted by Crippen LogP contribution is -2.13. The van der Waals surface area contributed by atoms with Gasteiger partial charge in [-0.25, -0.2) is 4.98 Å². The Labute approximate surface area is 155 Å². The Balaban J connectivity index is 1.84. The zero-order chi connectivity index (χ0) is 18.4. The van der Waals surface area contributed by atoms with Crippen molar-refractivity contribution in [3.05, 3.63) is 53.7 Å². The van der Waals surface area contributed by atoms with Gasteiger partial charge in [0.15, 0.2) is 5.13 Å². The van der Waals surface area contributed by atoms with Crippen LogP contribution >= 0.6 is 11.3 Å². The zero-order valence-corrected chi connectivity index (χ0v) is 15.4. The average molecular weight is 369 g/mol. The van der Waals surface area contributed by atoms with E-state index < -0.39 is 0 Å². The molecule has 1 aromatic carbocycles. The Bertz CT molecular complexity index is 881. The lowest BCUT2D eigenvalue weighted by atomic mass is 10.1. The first-order valence-corrected chi connectivity index (χ1v) is 9.17. The highest BCUT2D eigenvalue weighted by atomic mass is 32.1. The average Bonchev–Trinajstić information content (AvgIpc) is 3.12. The molecule has 0 bridgehead atoms. The van der Waals surface area contributed by atoms with E-state index in [-0.39, 0.29) is 5.91 Å². The first-order valence-electron chi connectivity index (χ1n) is 8.29. The highest BCUT2D eigenvalue weighted by molar-refractivity contribution is 7.14. The van der Waals surface area contributed by atoms with Crippen molar-refractivity contribution in [3.8, 4) is 22.8 Å². The zero-order valence-electron chi connectivity index (χ0n) is 14.6. The molecule has 0 atom stereocenters. The monoisotopic (exact) mass is 369 g/mol. The number of anilines is 1. The van der Waals surface area contributed by atoms with Crippen molar-refractivity contribution in [2.24, 2.45) is 0 Å². The summed E-state index contributed by atoms with van der Waals surface area (Å²) in [4.78, 5) is 20.8. The third kappa shape index (κ3) is 4.18. The lowest BCUT2D eigenvalue weighted by molar-refractivity contribution is 0.102. The number of hydrogen-bond donors (Lipinski definition) is 1. The Hall–Kier alpha value is -2.93. The van der Waals surface area contributed by atoms with Gasteiger partial charge in [-0.2, -0.15) is 0 Å². The number of aromatic nitrogens is 2. The summed E-state index contributed by atoms with van der Waals surface area (Å²) in [6.07, 6.45) is 1.58. The highest BCUT2D eigenvalue weighted by Gasteiger charge is 2.14. The first kappa shape index (κ1) is 17.9. The molecule has 7 heteroatoms. The molecule has 26 heavy (non-hydrogen) atoms. The second-order valence-corrected chi connectivity index (χ2v) is 6.09. The van der Waals surface area contributed by atoms with E-state index in [1.54, 1.807) is 24.4 Å². The van der Waals surface area contributed by atoms with Crippen molar-refractivity contribution < 1.29 is 14.3 Å². The van der Waals surface area contributed by atoms with E-state index >= 15 is 0 Å². The summed E-state index contributed by atoms with van der Waals surface area (Å²) in [6.45, 7) is 4.99. The second-order valence-electron chi connectivity index (χ2n) is 5.23. The summed E-state index contributed by atoms with van der Waals surface area (Å²) in [5.41, 5.74) is 1.89. The van der Waals surface area contributed by atoms with Gasteiger partial charge in [-0.1, -0.05) is 6.07 Å². The number of ether oxygens (including phenoxy) is 2. The Morgan fingerprint density at radius 3 is 2.73 bits per heavy atom. The van der Waals surface area contributed by atoms with Crippen LogP contribution < -0.4 is 14.8 Å². The molecule has 0 aliphatic carbocycles. The summed E-state index contributed by atoms with van der Waals surface area (Å²) in [7, 11) is 0. The van der Waals surface area contributed by atoms with Crippen molar-refractivity contribution in [2.45, 2.75) is 13.8 Å². The predicted molar refractivity (Wildman–Crippen MR) is 102 cm³/mol. The van der Waals surface area contributed by atoms with Gasteiger partial charge in [0.25, 0.3) is 5.91 Å². The van der Waals surface area contributed by atoms with Crippen molar-refractivity contribution in [1.29, 1.82) is 0 Å². The topological polar surface area (TPSA) is 73.3 Å². The normalized spacial score (nSPS) is 10.4. The van der Waals surface area contributed by atoms with Gasteiger partial charge in [0.05, 0.1) is 18.9 Å². The summed E-state index contributed by atoms with van der Waals surface area (Å²) in [6, 6.07) is 10.8. The fourth-order valence-corrected chi connectivity index (χ4v) is 3.07. The number of carbonyl (C=O) groups excluding carboxylic acids is 1. The number of nitrogens with zero attached hydrogens (tertiary/aromatic N) is 2. The van der Waals surface area contributed by atoms with Crippen LogP contribution in [0.15, 0.2) is 48.0 Å². The van der Waals surface area contributed by atoms with Crippen molar-refractivity contribution in [1.82, 2.24) is 9.97 Å². The third-order valence-corrected chi connectivity index (χ3v) is 4.22. The number of rotatable bonds is 7. The minimum absolute atomic E-state index is 0.292. The maximum atomic E-state index is 12.2. The van der Waals surface area contributed by atoms with E-state index in [1.165, 1.54) is 11.3 Å². The lowest BCUT2D eigenvalue weighted by Gasteiger charge is -2.11. The number of hydrogen-bond acceptors (Lipinski definition) is 6. The molecule has 1 amide bonds. The van der Waals surface area contributed by atoms with Gasteiger partial charge in [-0.05, 0) is 44.2 Å². The fraction of sp³-hybridized carbons (Fsp3) is 0.211. The van der Waals surface area contributed by atoms with Crippen LogP contribution in [0.25, 0.3) is 11.3 Å². The molecule has 6 nitrogen and oxygen atoms in total. The molecule has 3 aromatic rings. The van der Waals surface area contributed by atoms with Crippen LogP contribution in [0.5, 0.6) is 11.5 Å². The summed E-state index contributed by atoms with van der Waals surface area (Å²) >= 11 is 1.35. The Morgan fingerprint density at radius 1 is 1.15 bits per heavy atom. The minimum Gasteiger partial charge on any atom is -0.494 e. The molecular weight excluding hydrogens is 350 g/mol. The van der Waals surface area contributed by atoms with E-state index in [4.69, 9.17) is 9.47 Å². The number of nitrogens with one attached hydrogen (secondary N) is 1. The molecule has 3 rings (SSSR count). The van der Waals surface area contributed by atoms with Gasteiger partial charge in [-0.15, -0.1) is 11.3 Å². The van der Waals surface area contributed by atoms with Crippen molar-refractivity contribution >= 4 is 22.4 Å². The molecule has 0 radical (unpaired) electrons. The van der Waals surface area contributed by atoms with Crippen LogP contribution in [-0.4, -0.2) is 29.1 Å². The first-order chi connectivity index (χ1) is 12.7. The van der Waals surface area contributed by atoms with Gasteiger partial charge in [0.1, 0.15) is 17.2 Å². The summed E-state index contributed by atoms with van der Waals surface area (Å²) in [5, 5.41) is 5.15. The van der Waals surface area contributed by atoms with E-state index in [0.717, 1.165) is 22.8 Å². The maximum Gasteiger partial charge on any atom is 0.276 e. The molecule has 0 aliphatic heterocycles. The van der Waals surface area contributed by atoms with Gasteiger partial charge in [0.2, 0.25) is 0 Å².